The van der Waals surface area contributed by atoms with Crippen molar-refractivity contribution in [2.75, 3.05) is 0 Å². The van der Waals surface area contributed by atoms with E-state index in [1.165, 1.54) is 0 Å². The van der Waals surface area contributed by atoms with Crippen LogP contribution in [0.1, 0.15) is 5.56 Å². The number of aromatic amines is 1. The van der Waals surface area contributed by atoms with Crippen LogP contribution in [0.3, 0.4) is 0 Å². The minimum absolute atomic E-state index is 0. The van der Waals surface area contributed by atoms with Gasteiger partial charge in [-0.3, -0.25) is 5.16 Å². The number of H-pyrrole nitrogens is 1. The van der Waals surface area contributed by atoms with Gasteiger partial charge in [-0.2, -0.15) is 0 Å². The number of hydrogen-bond donors (Lipinski definition) is 1. The van der Waals surface area contributed by atoms with Crippen LogP contribution >= 0.6 is 0 Å². The summed E-state index contributed by atoms with van der Waals surface area (Å²) >= 11 is 0. The molecule has 0 aliphatic heterocycles. The molecular formula is C4H4NO2Rb. The largest absolute Gasteiger partial charge is 1.00 e. The predicted octanol–water partition coefficient (Wildman–Crippen LogP) is -2.92. The molecule has 1 aromatic heterocycles. The smallest absolute Gasteiger partial charge is 0.500 e. The van der Waals surface area contributed by atoms with Gasteiger partial charge < -0.3 is 9.32 Å². The van der Waals surface area contributed by atoms with Crippen LogP contribution in [-0.4, -0.2) is 5.16 Å². The molecule has 1 aromatic rings. The Hall–Kier alpha value is 0.815. The number of nitrogens with one attached hydrogen (secondary N) is 1. The molecule has 1 N–H and O–H groups in total. The molecule has 0 amide bonds. The van der Waals surface area contributed by atoms with Crippen molar-refractivity contribution in [1.29, 1.82) is 0 Å². The summed E-state index contributed by atoms with van der Waals surface area (Å²) in [6, 6.07) is 0. The van der Waals surface area contributed by atoms with E-state index in [1.54, 1.807) is 6.92 Å². The Morgan fingerprint density at radius 3 is 2.50 bits per heavy atom. The van der Waals surface area contributed by atoms with Crippen LogP contribution in [0.2, 0.25) is 0 Å². The zero-order chi connectivity index (χ0) is 5.28. The maximum absolute atomic E-state index is 10.2. The van der Waals surface area contributed by atoms with E-state index in [0.29, 0.717) is 5.56 Å². The van der Waals surface area contributed by atoms with Gasteiger partial charge in [-0.25, -0.2) is 0 Å². The average molecular weight is 184 g/mol. The minimum atomic E-state index is -0.208. The molecule has 0 unspecified atom stereocenters. The number of hydrogen-bond acceptors (Lipinski definition) is 2. The van der Waals surface area contributed by atoms with E-state index in [-0.39, 0.29) is 63.7 Å². The van der Waals surface area contributed by atoms with Gasteiger partial charge in [-0.1, -0.05) is 6.92 Å². The second kappa shape index (κ2) is 3.77. The molecule has 0 bridgehead atoms. The second-order valence-electron chi connectivity index (χ2n) is 1.26. The van der Waals surface area contributed by atoms with E-state index >= 15 is 0 Å². The van der Waals surface area contributed by atoms with E-state index in [0.717, 1.165) is 0 Å². The van der Waals surface area contributed by atoms with Crippen LogP contribution in [0, 0.1) is 13.2 Å². The third kappa shape index (κ3) is 1.97. The second-order valence-corrected chi connectivity index (χ2v) is 1.26. The number of aromatic nitrogens is 1. The van der Waals surface area contributed by atoms with Gasteiger partial charge >= 0.3 is 58.2 Å². The van der Waals surface area contributed by atoms with E-state index in [9.17, 15) is 4.79 Å². The Morgan fingerprint density at radius 2 is 2.38 bits per heavy atom. The summed E-state index contributed by atoms with van der Waals surface area (Å²) in [5.41, 5.74) is 0.278. The zero-order valence-corrected chi connectivity index (χ0v) is 9.73. The van der Waals surface area contributed by atoms with Crippen molar-refractivity contribution >= 4 is 0 Å². The van der Waals surface area contributed by atoms with E-state index in [1.807, 2.05) is 0 Å². The number of aryl methyl sites for hydroxylation is 1. The first-order valence-corrected chi connectivity index (χ1v) is 1.86. The first-order valence-electron chi connectivity index (χ1n) is 1.86. The van der Waals surface area contributed by atoms with Crippen molar-refractivity contribution in [2.45, 2.75) is 6.92 Å². The van der Waals surface area contributed by atoms with Crippen LogP contribution in [0.25, 0.3) is 0 Å². The van der Waals surface area contributed by atoms with Gasteiger partial charge in [0.15, 0.2) is 0 Å². The van der Waals surface area contributed by atoms with Gasteiger partial charge in [0.25, 0.3) is 0 Å². The van der Waals surface area contributed by atoms with Gasteiger partial charge in [-0.15, -0.1) is 5.56 Å². The molecule has 0 aliphatic rings. The molecule has 8 heavy (non-hydrogen) atoms. The third-order valence-electron chi connectivity index (χ3n) is 0.688. The first-order chi connectivity index (χ1) is 3.30. The molecule has 0 fully saturated rings. The van der Waals surface area contributed by atoms with Crippen molar-refractivity contribution in [3.63, 3.8) is 0 Å². The van der Waals surface area contributed by atoms with Crippen molar-refractivity contribution in [3.8, 4) is 0 Å². The number of rotatable bonds is 0. The first kappa shape index (κ1) is 8.82. The average Bonchev–Trinajstić information content (AvgIpc) is 1.91. The van der Waals surface area contributed by atoms with Gasteiger partial charge in [0.05, 0.1) is 0 Å². The molecule has 1 heterocycles. The molecule has 0 saturated carbocycles. The Bertz CT molecular complexity index is 202. The molecule has 3 nitrogen and oxygen atoms in total. The van der Waals surface area contributed by atoms with Crippen molar-refractivity contribution in [3.05, 3.63) is 22.2 Å². The Kier molecular flexibility index (Phi) is 4.15. The fourth-order valence-corrected chi connectivity index (χ4v) is 0.271. The Balaban J connectivity index is 0.000000490. The Labute approximate surface area is 95.2 Å². The molecule has 0 aromatic carbocycles. The summed E-state index contributed by atoms with van der Waals surface area (Å²) in [5.74, 6) is 0. The molecule has 0 atom stereocenters. The van der Waals surface area contributed by atoms with E-state index in [2.05, 4.69) is 15.9 Å². The molecule has 0 saturated heterocycles. The monoisotopic (exact) mass is 183 g/mol. The maximum Gasteiger partial charge on any atom is 1.00 e. The Morgan fingerprint density at radius 1 is 1.75 bits per heavy atom. The third-order valence-corrected chi connectivity index (χ3v) is 0.688. The summed E-state index contributed by atoms with van der Waals surface area (Å²) in [4.78, 5) is 10.2. The fourth-order valence-electron chi connectivity index (χ4n) is 0.271. The molecule has 38 valence electrons. The van der Waals surface area contributed by atoms with Crippen molar-refractivity contribution in [1.82, 2.24) is 5.16 Å². The summed E-state index contributed by atoms with van der Waals surface area (Å²) in [5, 5.41) is 2.08. The maximum atomic E-state index is 10.2. The molecule has 4 heteroatoms. The van der Waals surface area contributed by atoms with Crippen LogP contribution < -0.4 is 63.7 Å². The van der Waals surface area contributed by atoms with Gasteiger partial charge in [0.1, 0.15) is 5.56 Å². The van der Waals surface area contributed by atoms with Crippen LogP contribution in [-0.2, 0) is 0 Å². The SMILES string of the molecule is Cc1[c-]o[nH]c1=O.[Rb+]. The van der Waals surface area contributed by atoms with E-state index in [4.69, 9.17) is 0 Å². The minimum Gasteiger partial charge on any atom is -0.500 e. The quantitative estimate of drug-likeness (QED) is 0.438. The van der Waals surface area contributed by atoms with Crippen LogP contribution in [0.5, 0.6) is 0 Å². The van der Waals surface area contributed by atoms with E-state index < -0.39 is 0 Å². The molecule has 0 radical (unpaired) electrons. The van der Waals surface area contributed by atoms with Crippen LogP contribution in [0.15, 0.2) is 9.32 Å². The molecule has 0 spiro atoms. The van der Waals surface area contributed by atoms with Gasteiger partial charge in [0, 0.05) is 0 Å². The standard InChI is InChI=1S/C4H4NO2.Rb/c1-3-2-7-5-4(3)6;/h1H3,(H,5,6);/q-1;+1. The van der Waals surface area contributed by atoms with Gasteiger partial charge in [-0.05, 0) is 6.26 Å². The predicted molar refractivity (Wildman–Crippen MR) is 22.9 cm³/mol. The fraction of sp³-hybridized carbons (Fsp3) is 0.250. The zero-order valence-electron chi connectivity index (χ0n) is 4.82. The molecule has 1 rings (SSSR count). The van der Waals surface area contributed by atoms with Crippen LogP contribution in [0.4, 0.5) is 0 Å². The van der Waals surface area contributed by atoms with Crippen molar-refractivity contribution in [2.24, 2.45) is 0 Å². The topological polar surface area (TPSA) is 46.0 Å². The van der Waals surface area contributed by atoms with Crippen molar-refractivity contribution < 1.29 is 62.7 Å². The normalized spacial score (nSPS) is 8.12. The molecule has 0 aliphatic carbocycles. The summed E-state index contributed by atoms with van der Waals surface area (Å²) in [6.45, 7) is 1.63. The summed E-state index contributed by atoms with van der Waals surface area (Å²) in [7, 11) is 0. The summed E-state index contributed by atoms with van der Waals surface area (Å²) in [6.07, 6.45) is 2.33. The molecular weight excluding hydrogens is 180 g/mol. The summed E-state index contributed by atoms with van der Waals surface area (Å²) < 4.78 is 4.28. The van der Waals surface area contributed by atoms with Gasteiger partial charge in [0.2, 0.25) is 0 Å².